The molecule has 0 aromatic heterocycles. The van der Waals surface area contributed by atoms with Crippen molar-refractivity contribution in [2.45, 2.75) is 36.2 Å². The molecule has 3 rings (SSSR count). The minimum Gasteiger partial charge on any atom is -0.495 e. The number of hydrogen-bond donors (Lipinski definition) is 1. The van der Waals surface area contributed by atoms with Crippen molar-refractivity contribution in [3.63, 3.8) is 0 Å². The van der Waals surface area contributed by atoms with Crippen molar-refractivity contribution in [3.05, 3.63) is 23.8 Å². The van der Waals surface area contributed by atoms with Gasteiger partial charge in [-0.05, 0) is 50.6 Å². The zero-order valence-corrected chi connectivity index (χ0v) is 18.1. The minimum absolute atomic E-state index is 0.0226. The first-order valence-corrected chi connectivity index (χ1v) is 12.7. The summed E-state index contributed by atoms with van der Waals surface area (Å²) in [5, 5.41) is 0. The molecule has 2 saturated heterocycles. The number of sulfone groups is 1. The number of ether oxygens (including phenoxy) is 2. The first-order chi connectivity index (χ1) is 13.6. The highest BCUT2D eigenvalue weighted by atomic mass is 32.2. The molecule has 2 aliphatic heterocycles. The normalized spacial score (nSPS) is 23.0. The van der Waals surface area contributed by atoms with Gasteiger partial charge in [0.05, 0.1) is 31.3 Å². The van der Waals surface area contributed by atoms with Crippen LogP contribution in [-0.4, -0.2) is 78.6 Å². The number of piperidine rings is 1. The quantitative estimate of drug-likeness (QED) is 0.624. The maximum atomic E-state index is 12.9. The van der Waals surface area contributed by atoms with E-state index in [0.717, 1.165) is 0 Å². The third kappa shape index (κ3) is 5.08. The summed E-state index contributed by atoms with van der Waals surface area (Å²) in [6.45, 7) is 1.26. The van der Waals surface area contributed by atoms with E-state index in [4.69, 9.17) is 4.74 Å². The Labute approximate surface area is 171 Å². The fraction of sp³-hybridized carbons (Fsp3) is 0.611. The van der Waals surface area contributed by atoms with E-state index in [0.29, 0.717) is 32.4 Å². The van der Waals surface area contributed by atoms with Gasteiger partial charge in [-0.2, -0.15) is 0 Å². The van der Waals surface area contributed by atoms with Gasteiger partial charge in [-0.15, -0.1) is 0 Å². The van der Waals surface area contributed by atoms with Gasteiger partial charge in [0.2, 0.25) is 10.0 Å². The highest BCUT2D eigenvalue weighted by molar-refractivity contribution is 7.91. The van der Waals surface area contributed by atoms with Gasteiger partial charge >= 0.3 is 5.97 Å². The molecule has 11 heteroatoms. The topological polar surface area (TPSA) is 119 Å². The van der Waals surface area contributed by atoms with Crippen molar-refractivity contribution in [2.24, 2.45) is 0 Å². The van der Waals surface area contributed by atoms with Gasteiger partial charge in [-0.3, -0.25) is 4.90 Å². The van der Waals surface area contributed by atoms with Crippen LogP contribution in [0.1, 0.15) is 29.6 Å². The lowest BCUT2D eigenvalue weighted by Gasteiger charge is -2.35. The molecule has 1 atom stereocenters. The molecular formula is C18H26N2O7S2. The van der Waals surface area contributed by atoms with Gasteiger partial charge in [0.15, 0.2) is 9.84 Å². The van der Waals surface area contributed by atoms with Gasteiger partial charge in [-0.25, -0.2) is 26.4 Å². The Kier molecular flexibility index (Phi) is 6.51. The average molecular weight is 447 g/mol. The fourth-order valence-corrected chi connectivity index (χ4v) is 7.12. The first kappa shape index (κ1) is 22.0. The number of esters is 1. The van der Waals surface area contributed by atoms with Gasteiger partial charge < -0.3 is 9.47 Å². The monoisotopic (exact) mass is 446 g/mol. The van der Waals surface area contributed by atoms with E-state index < -0.39 is 25.8 Å². The molecule has 0 amide bonds. The third-order valence-corrected chi connectivity index (χ3v) is 8.74. The molecule has 0 radical (unpaired) electrons. The lowest BCUT2D eigenvalue weighted by atomic mass is 10.0. The molecule has 162 valence electrons. The van der Waals surface area contributed by atoms with Crippen LogP contribution in [-0.2, 0) is 24.6 Å². The number of sulfonamides is 1. The molecule has 0 saturated carbocycles. The number of carbonyl (C=O) groups excluding carboxylic acids is 1. The zero-order valence-electron chi connectivity index (χ0n) is 16.5. The lowest BCUT2D eigenvalue weighted by Crippen LogP contribution is -2.48. The maximum absolute atomic E-state index is 12.9. The molecule has 1 aromatic carbocycles. The second kappa shape index (κ2) is 8.58. The molecule has 0 bridgehead atoms. The largest absolute Gasteiger partial charge is 0.495 e. The van der Waals surface area contributed by atoms with Crippen LogP contribution in [0.15, 0.2) is 23.1 Å². The number of methoxy groups -OCH3 is 2. The summed E-state index contributed by atoms with van der Waals surface area (Å²) in [4.78, 5) is 13.8. The van der Waals surface area contributed by atoms with Crippen LogP contribution < -0.4 is 9.46 Å². The second-order valence-corrected chi connectivity index (χ2v) is 11.3. The molecule has 2 aliphatic rings. The number of rotatable bonds is 6. The average Bonchev–Trinajstić information content (AvgIpc) is 3.06. The molecule has 0 aliphatic carbocycles. The van der Waals surface area contributed by atoms with E-state index in [2.05, 4.69) is 14.4 Å². The molecule has 9 nitrogen and oxygen atoms in total. The van der Waals surface area contributed by atoms with Gasteiger partial charge in [0.1, 0.15) is 10.6 Å². The number of nitrogens with zero attached hydrogens (tertiary/aromatic N) is 1. The number of carbonyl (C=O) groups is 1. The second-order valence-electron chi connectivity index (χ2n) is 7.35. The molecule has 2 fully saturated rings. The Bertz CT molecular complexity index is 968. The summed E-state index contributed by atoms with van der Waals surface area (Å²) in [5.41, 5.74) is 0.117. The maximum Gasteiger partial charge on any atom is 0.337 e. The van der Waals surface area contributed by atoms with E-state index in [1.54, 1.807) is 0 Å². The van der Waals surface area contributed by atoms with E-state index in [1.807, 2.05) is 0 Å². The summed E-state index contributed by atoms with van der Waals surface area (Å²) < 4.78 is 61.7. The molecule has 29 heavy (non-hydrogen) atoms. The SMILES string of the molecule is COC(=O)c1ccc(OC)c(S(=O)(=O)NC2CCN([C@@H]3CCS(=O)(=O)C3)CC2)c1. The number of benzene rings is 1. The highest BCUT2D eigenvalue weighted by Crippen LogP contribution is 2.27. The van der Waals surface area contributed by atoms with Crippen molar-refractivity contribution in [3.8, 4) is 5.75 Å². The number of nitrogens with one attached hydrogen (secondary N) is 1. The summed E-state index contributed by atoms with van der Waals surface area (Å²) in [6, 6.07) is 3.85. The number of hydrogen-bond acceptors (Lipinski definition) is 8. The molecule has 1 N–H and O–H groups in total. The van der Waals surface area contributed by atoms with Crippen LogP contribution in [0.2, 0.25) is 0 Å². The summed E-state index contributed by atoms with van der Waals surface area (Å²) in [6.07, 6.45) is 1.79. The fourth-order valence-electron chi connectivity index (χ4n) is 3.86. The van der Waals surface area contributed by atoms with Crippen molar-refractivity contribution >= 4 is 25.8 Å². The van der Waals surface area contributed by atoms with Crippen LogP contribution in [0, 0.1) is 0 Å². The highest BCUT2D eigenvalue weighted by Gasteiger charge is 2.35. The van der Waals surface area contributed by atoms with Crippen molar-refractivity contribution in [1.82, 2.24) is 9.62 Å². The Hall–Kier alpha value is -1.69. The first-order valence-electron chi connectivity index (χ1n) is 9.38. The molecule has 2 heterocycles. The van der Waals surface area contributed by atoms with Crippen molar-refractivity contribution < 1.29 is 31.1 Å². The smallest absolute Gasteiger partial charge is 0.337 e. The van der Waals surface area contributed by atoms with Gasteiger partial charge in [0.25, 0.3) is 0 Å². The van der Waals surface area contributed by atoms with E-state index in [1.165, 1.54) is 32.4 Å². The summed E-state index contributed by atoms with van der Waals surface area (Å²) >= 11 is 0. The van der Waals surface area contributed by atoms with E-state index >= 15 is 0 Å². The molecule has 0 spiro atoms. The lowest BCUT2D eigenvalue weighted by molar-refractivity contribution is 0.0600. The standard InChI is InChI=1S/C18H26N2O7S2/c1-26-16-4-3-13(18(21)27-2)11-17(16)29(24,25)19-14-5-8-20(9-6-14)15-7-10-28(22,23)12-15/h3-4,11,14-15,19H,5-10,12H2,1-2H3/t15-/m1/s1. The Morgan fingerprint density at radius 1 is 1.17 bits per heavy atom. The predicted octanol–water partition coefficient (Wildman–Crippen LogP) is 0.412. The summed E-state index contributed by atoms with van der Waals surface area (Å²) in [7, 11) is -4.28. The van der Waals surface area contributed by atoms with Crippen molar-refractivity contribution in [1.29, 1.82) is 0 Å². The summed E-state index contributed by atoms with van der Waals surface area (Å²) in [5.74, 6) is -0.0933. The Balaban J connectivity index is 1.68. The van der Waals surface area contributed by atoms with Crippen LogP contribution in [0.3, 0.4) is 0 Å². The Morgan fingerprint density at radius 3 is 2.41 bits per heavy atom. The van der Waals surface area contributed by atoms with E-state index in [9.17, 15) is 21.6 Å². The zero-order chi connectivity index (χ0) is 21.2. The van der Waals surface area contributed by atoms with Crippen LogP contribution in [0.4, 0.5) is 0 Å². The van der Waals surface area contributed by atoms with Crippen LogP contribution >= 0.6 is 0 Å². The van der Waals surface area contributed by atoms with Gasteiger partial charge in [0, 0.05) is 12.1 Å². The minimum atomic E-state index is -3.92. The molecule has 0 unspecified atom stereocenters. The van der Waals surface area contributed by atoms with E-state index in [-0.39, 0.29) is 39.8 Å². The molecule has 1 aromatic rings. The van der Waals surface area contributed by atoms with Gasteiger partial charge in [-0.1, -0.05) is 0 Å². The molecular weight excluding hydrogens is 420 g/mol. The third-order valence-electron chi connectivity index (χ3n) is 5.45. The predicted molar refractivity (Wildman–Crippen MR) is 106 cm³/mol. The van der Waals surface area contributed by atoms with Crippen LogP contribution in [0.25, 0.3) is 0 Å². The van der Waals surface area contributed by atoms with Crippen molar-refractivity contribution in [2.75, 3.05) is 38.8 Å². The van der Waals surface area contributed by atoms with Crippen LogP contribution in [0.5, 0.6) is 5.75 Å². The number of likely N-dealkylation sites (tertiary alicyclic amines) is 1. The Morgan fingerprint density at radius 2 is 1.86 bits per heavy atom.